The zero-order valence-corrected chi connectivity index (χ0v) is 14.9. The van der Waals surface area contributed by atoms with Gasteiger partial charge in [-0.3, -0.25) is 9.78 Å². The molecular weight excluding hydrogens is 324 g/mol. The van der Waals surface area contributed by atoms with Crippen molar-refractivity contribution in [3.05, 3.63) is 50.5 Å². The number of hydrogen-bond acceptors (Lipinski definition) is 5. The molecule has 0 radical (unpaired) electrons. The molecule has 0 fully saturated rings. The number of aryl methyl sites for hydroxylation is 2. The molecule has 1 aliphatic heterocycles. The highest BCUT2D eigenvalue weighted by molar-refractivity contribution is 7.12. The summed E-state index contributed by atoms with van der Waals surface area (Å²) < 4.78 is 4.82. The van der Waals surface area contributed by atoms with Gasteiger partial charge in [0.25, 0.3) is 5.91 Å². The lowest BCUT2D eigenvalue weighted by Gasteiger charge is -2.19. The van der Waals surface area contributed by atoms with Gasteiger partial charge in [0.15, 0.2) is 0 Å². The third-order valence-electron chi connectivity index (χ3n) is 4.29. The Bertz CT molecular complexity index is 798. The van der Waals surface area contributed by atoms with Gasteiger partial charge in [-0.05, 0) is 48.9 Å². The second-order valence-electron chi connectivity index (χ2n) is 6.00. The highest BCUT2D eigenvalue weighted by Crippen LogP contribution is 2.21. The van der Waals surface area contributed by atoms with E-state index >= 15 is 0 Å². The Labute approximate surface area is 145 Å². The van der Waals surface area contributed by atoms with Crippen molar-refractivity contribution < 1.29 is 14.3 Å². The van der Waals surface area contributed by atoms with E-state index in [1.165, 1.54) is 18.4 Å². The molecule has 1 aliphatic rings. The molecule has 0 atom stereocenters. The standard InChI is InChI=1S/C18H20N2O3S/c1-11-8-16(24-10-11)17(21)20-6-4-13-9-14(18(22)23-3)12(2)19-15(13)5-7-20/h8-10H,4-7H2,1-3H3. The first-order valence-electron chi connectivity index (χ1n) is 7.91. The molecule has 2 aromatic rings. The molecule has 24 heavy (non-hydrogen) atoms. The molecular formula is C18H20N2O3S. The Hall–Kier alpha value is -2.21. The van der Waals surface area contributed by atoms with Crippen LogP contribution in [0.2, 0.25) is 0 Å². The molecule has 0 saturated carbocycles. The fourth-order valence-corrected chi connectivity index (χ4v) is 3.82. The van der Waals surface area contributed by atoms with Gasteiger partial charge in [0.2, 0.25) is 0 Å². The number of fused-ring (bicyclic) bond motifs is 1. The van der Waals surface area contributed by atoms with Crippen LogP contribution in [-0.2, 0) is 17.6 Å². The minimum absolute atomic E-state index is 0.0748. The van der Waals surface area contributed by atoms with Crippen molar-refractivity contribution in [3.63, 3.8) is 0 Å². The second-order valence-corrected chi connectivity index (χ2v) is 6.91. The summed E-state index contributed by atoms with van der Waals surface area (Å²) in [6.07, 6.45) is 1.40. The van der Waals surface area contributed by atoms with Crippen LogP contribution in [0.1, 0.15) is 42.5 Å². The van der Waals surface area contributed by atoms with Gasteiger partial charge in [0, 0.05) is 25.2 Å². The molecule has 0 N–H and O–H groups in total. The SMILES string of the molecule is COC(=O)c1cc2c(nc1C)CCN(C(=O)c1cc(C)cs1)CC2. The maximum absolute atomic E-state index is 12.6. The van der Waals surface area contributed by atoms with Crippen LogP contribution in [0.4, 0.5) is 0 Å². The fourth-order valence-electron chi connectivity index (χ4n) is 2.96. The molecule has 1 amide bonds. The van der Waals surface area contributed by atoms with Crippen LogP contribution in [0.3, 0.4) is 0 Å². The Kier molecular flexibility index (Phi) is 4.66. The molecule has 0 spiro atoms. The Morgan fingerprint density at radius 1 is 1.21 bits per heavy atom. The van der Waals surface area contributed by atoms with Crippen molar-refractivity contribution in [1.29, 1.82) is 0 Å². The Balaban J connectivity index is 1.82. The number of carbonyl (C=O) groups excluding carboxylic acids is 2. The molecule has 0 saturated heterocycles. The third kappa shape index (κ3) is 3.19. The van der Waals surface area contributed by atoms with Gasteiger partial charge in [0.1, 0.15) is 0 Å². The number of rotatable bonds is 2. The lowest BCUT2D eigenvalue weighted by atomic mass is 10.0. The van der Waals surface area contributed by atoms with Gasteiger partial charge in [-0.25, -0.2) is 4.79 Å². The lowest BCUT2D eigenvalue weighted by Crippen LogP contribution is -2.32. The van der Waals surface area contributed by atoms with Crippen LogP contribution in [0.5, 0.6) is 0 Å². The quantitative estimate of drug-likeness (QED) is 0.786. The number of amides is 1. The number of nitrogens with zero attached hydrogens (tertiary/aromatic N) is 2. The van der Waals surface area contributed by atoms with E-state index in [1.807, 2.05) is 36.3 Å². The van der Waals surface area contributed by atoms with Gasteiger partial charge >= 0.3 is 5.97 Å². The van der Waals surface area contributed by atoms with Crippen LogP contribution in [-0.4, -0.2) is 42.0 Å². The number of aromatic nitrogens is 1. The maximum Gasteiger partial charge on any atom is 0.339 e. The number of pyridine rings is 1. The number of ether oxygens (including phenoxy) is 1. The summed E-state index contributed by atoms with van der Waals surface area (Å²) in [6.45, 7) is 5.09. The number of thiophene rings is 1. The minimum Gasteiger partial charge on any atom is -0.465 e. The van der Waals surface area contributed by atoms with Gasteiger partial charge in [-0.15, -0.1) is 11.3 Å². The summed E-state index contributed by atoms with van der Waals surface area (Å²) in [5.74, 6) is -0.292. The molecule has 3 heterocycles. The predicted molar refractivity (Wildman–Crippen MR) is 92.7 cm³/mol. The van der Waals surface area contributed by atoms with E-state index in [4.69, 9.17) is 4.74 Å². The predicted octanol–water partition coefficient (Wildman–Crippen LogP) is 2.79. The van der Waals surface area contributed by atoms with Gasteiger partial charge < -0.3 is 9.64 Å². The van der Waals surface area contributed by atoms with Crippen molar-refractivity contribution >= 4 is 23.2 Å². The number of methoxy groups -OCH3 is 1. The van der Waals surface area contributed by atoms with E-state index in [1.54, 1.807) is 0 Å². The minimum atomic E-state index is -0.367. The molecule has 0 aromatic carbocycles. The molecule has 0 aliphatic carbocycles. The summed E-state index contributed by atoms with van der Waals surface area (Å²) >= 11 is 1.49. The lowest BCUT2D eigenvalue weighted by molar-refractivity contribution is 0.0598. The summed E-state index contributed by atoms with van der Waals surface area (Å²) in [5, 5.41) is 1.99. The molecule has 5 nitrogen and oxygen atoms in total. The van der Waals surface area contributed by atoms with Gasteiger partial charge in [-0.1, -0.05) is 0 Å². The second kappa shape index (κ2) is 6.73. The van der Waals surface area contributed by atoms with E-state index in [9.17, 15) is 9.59 Å². The number of carbonyl (C=O) groups is 2. The summed E-state index contributed by atoms with van der Waals surface area (Å²) in [7, 11) is 1.37. The van der Waals surface area contributed by atoms with Crippen molar-refractivity contribution in [2.75, 3.05) is 20.2 Å². The van der Waals surface area contributed by atoms with Crippen molar-refractivity contribution in [3.8, 4) is 0 Å². The summed E-state index contributed by atoms with van der Waals surface area (Å²) in [4.78, 5) is 31.7. The van der Waals surface area contributed by atoms with E-state index in [0.717, 1.165) is 21.7 Å². The number of hydrogen-bond donors (Lipinski definition) is 0. The van der Waals surface area contributed by atoms with Crippen LogP contribution < -0.4 is 0 Å². The highest BCUT2D eigenvalue weighted by Gasteiger charge is 2.23. The van der Waals surface area contributed by atoms with E-state index in [-0.39, 0.29) is 11.9 Å². The van der Waals surface area contributed by atoms with Crippen LogP contribution in [0.15, 0.2) is 17.5 Å². The van der Waals surface area contributed by atoms with Crippen LogP contribution in [0, 0.1) is 13.8 Å². The van der Waals surface area contributed by atoms with Gasteiger partial charge in [0.05, 0.1) is 23.2 Å². The molecule has 3 rings (SSSR count). The fraction of sp³-hybridized carbons (Fsp3) is 0.389. The normalized spacial score (nSPS) is 14.0. The molecule has 0 unspecified atom stereocenters. The zero-order chi connectivity index (χ0) is 17.3. The Morgan fingerprint density at radius 3 is 2.62 bits per heavy atom. The van der Waals surface area contributed by atoms with E-state index in [2.05, 4.69) is 4.98 Å². The molecule has 0 bridgehead atoms. The zero-order valence-electron chi connectivity index (χ0n) is 14.1. The molecule has 6 heteroatoms. The first-order chi connectivity index (χ1) is 11.5. The summed E-state index contributed by atoms with van der Waals surface area (Å²) in [6, 6.07) is 3.80. The van der Waals surface area contributed by atoms with E-state index < -0.39 is 0 Å². The first-order valence-corrected chi connectivity index (χ1v) is 8.79. The van der Waals surface area contributed by atoms with Gasteiger partial charge in [-0.2, -0.15) is 0 Å². The highest BCUT2D eigenvalue weighted by atomic mass is 32.1. The average molecular weight is 344 g/mol. The third-order valence-corrected chi connectivity index (χ3v) is 5.32. The van der Waals surface area contributed by atoms with Crippen molar-refractivity contribution in [2.45, 2.75) is 26.7 Å². The van der Waals surface area contributed by atoms with Crippen molar-refractivity contribution in [2.24, 2.45) is 0 Å². The number of esters is 1. The maximum atomic E-state index is 12.6. The topological polar surface area (TPSA) is 59.5 Å². The largest absolute Gasteiger partial charge is 0.465 e. The first kappa shape index (κ1) is 16.6. The van der Waals surface area contributed by atoms with Crippen LogP contribution in [0.25, 0.3) is 0 Å². The van der Waals surface area contributed by atoms with E-state index in [0.29, 0.717) is 37.2 Å². The molecule has 2 aromatic heterocycles. The Morgan fingerprint density at radius 2 is 1.96 bits per heavy atom. The van der Waals surface area contributed by atoms with Crippen molar-refractivity contribution in [1.82, 2.24) is 9.88 Å². The summed E-state index contributed by atoms with van der Waals surface area (Å²) in [5.41, 5.74) is 4.29. The van der Waals surface area contributed by atoms with Crippen LogP contribution >= 0.6 is 11.3 Å². The smallest absolute Gasteiger partial charge is 0.339 e. The monoisotopic (exact) mass is 344 g/mol. The average Bonchev–Trinajstić information content (AvgIpc) is 2.90. The molecule has 126 valence electrons.